The van der Waals surface area contributed by atoms with Gasteiger partial charge in [-0.05, 0) is 31.4 Å². The number of piperidine rings is 1. The maximum absolute atomic E-state index is 12.7. The van der Waals surface area contributed by atoms with Crippen molar-refractivity contribution in [2.45, 2.75) is 26.4 Å². The molecule has 116 valence electrons. The number of aliphatic hydroxyl groups excluding tert-OH is 1. The van der Waals surface area contributed by atoms with E-state index in [-0.39, 0.29) is 11.8 Å². The fraction of sp³-hybridized carbons (Fsp3) is 0.438. The van der Waals surface area contributed by atoms with E-state index in [4.69, 9.17) is 0 Å². The number of aromatic nitrogens is 3. The first kappa shape index (κ1) is 14.7. The molecule has 2 aromatic rings. The van der Waals surface area contributed by atoms with E-state index >= 15 is 0 Å². The molecule has 0 aliphatic carbocycles. The first-order valence-corrected chi connectivity index (χ1v) is 7.50. The summed E-state index contributed by atoms with van der Waals surface area (Å²) in [5.41, 5.74) is 2.25. The van der Waals surface area contributed by atoms with Crippen molar-refractivity contribution in [2.75, 3.05) is 13.1 Å². The summed E-state index contributed by atoms with van der Waals surface area (Å²) in [5.74, 6) is 0.174. The minimum absolute atomic E-state index is 0.0660. The Hall–Kier alpha value is -2.21. The zero-order chi connectivity index (χ0) is 15.7. The van der Waals surface area contributed by atoms with Gasteiger partial charge in [0.1, 0.15) is 0 Å². The van der Waals surface area contributed by atoms with Crippen LogP contribution in [0.2, 0.25) is 0 Å². The van der Waals surface area contributed by atoms with E-state index in [0.29, 0.717) is 18.7 Å². The van der Waals surface area contributed by atoms with Crippen LogP contribution in [0.4, 0.5) is 0 Å². The highest BCUT2D eigenvalue weighted by Gasteiger charge is 2.29. The molecule has 3 heterocycles. The minimum Gasteiger partial charge on any atom is -0.391 e. The largest absolute Gasteiger partial charge is 0.391 e. The van der Waals surface area contributed by atoms with Gasteiger partial charge in [0.05, 0.1) is 29.2 Å². The van der Waals surface area contributed by atoms with Crippen LogP contribution in [-0.2, 0) is 0 Å². The van der Waals surface area contributed by atoms with E-state index in [2.05, 4.69) is 10.1 Å². The van der Waals surface area contributed by atoms with Crippen molar-refractivity contribution in [1.29, 1.82) is 0 Å². The zero-order valence-corrected chi connectivity index (χ0v) is 12.8. The summed E-state index contributed by atoms with van der Waals surface area (Å²) in [6, 6.07) is 3.70. The molecular formula is C16H20N4O2. The van der Waals surface area contributed by atoms with E-state index in [1.165, 1.54) is 0 Å². The summed E-state index contributed by atoms with van der Waals surface area (Å²) < 4.78 is 1.73. The molecule has 0 aromatic carbocycles. The topological polar surface area (TPSA) is 71.2 Å². The van der Waals surface area contributed by atoms with Crippen molar-refractivity contribution in [3.05, 3.63) is 42.0 Å². The number of nitrogens with zero attached hydrogens (tertiary/aromatic N) is 4. The van der Waals surface area contributed by atoms with Gasteiger partial charge < -0.3 is 10.0 Å². The number of pyridine rings is 1. The number of β-amino-alcohol motifs (C(OH)–C–C–N with tert-alkyl or cyclic N) is 1. The molecule has 1 aliphatic heterocycles. The molecule has 3 rings (SSSR count). The quantitative estimate of drug-likeness (QED) is 0.910. The van der Waals surface area contributed by atoms with Crippen molar-refractivity contribution in [1.82, 2.24) is 19.7 Å². The van der Waals surface area contributed by atoms with Gasteiger partial charge in [-0.1, -0.05) is 6.92 Å². The summed E-state index contributed by atoms with van der Waals surface area (Å²) in [4.78, 5) is 18.4. The van der Waals surface area contributed by atoms with Gasteiger partial charge >= 0.3 is 0 Å². The van der Waals surface area contributed by atoms with E-state index in [0.717, 1.165) is 17.8 Å². The van der Waals surface area contributed by atoms with Crippen molar-refractivity contribution in [2.24, 2.45) is 5.92 Å². The lowest BCUT2D eigenvalue weighted by Gasteiger charge is -2.34. The van der Waals surface area contributed by atoms with Crippen LogP contribution in [0.25, 0.3) is 5.69 Å². The van der Waals surface area contributed by atoms with Crippen LogP contribution in [0.5, 0.6) is 0 Å². The molecule has 1 N–H and O–H groups in total. The molecule has 6 heteroatoms. The third-order valence-corrected chi connectivity index (χ3v) is 4.35. The molecule has 1 saturated heterocycles. The molecule has 2 aromatic heterocycles. The van der Waals surface area contributed by atoms with Gasteiger partial charge in [0.15, 0.2) is 0 Å². The molecule has 0 radical (unpaired) electrons. The van der Waals surface area contributed by atoms with E-state index < -0.39 is 6.10 Å². The first-order valence-electron chi connectivity index (χ1n) is 7.50. The lowest BCUT2D eigenvalue weighted by molar-refractivity contribution is 0.0248. The van der Waals surface area contributed by atoms with Crippen LogP contribution < -0.4 is 0 Å². The maximum Gasteiger partial charge on any atom is 0.257 e. The van der Waals surface area contributed by atoms with Crippen LogP contribution >= 0.6 is 0 Å². The second kappa shape index (κ2) is 5.88. The van der Waals surface area contributed by atoms with Gasteiger partial charge in [0.2, 0.25) is 0 Å². The standard InChI is InChI=1S/C16H20N4O2/c1-11-5-8-19(10-15(11)21)16(22)14-9-18-20(12(14)2)13-3-6-17-7-4-13/h3-4,6-7,9,11,15,21H,5,8,10H2,1-2H3. The van der Waals surface area contributed by atoms with Gasteiger partial charge in [0.25, 0.3) is 5.91 Å². The molecule has 1 amide bonds. The van der Waals surface area contributed by atoms with Gasteiger partial charge in [-0.2, -0.15) is 5.10 Å². The monoisotopic (exact) mass is 300 g/mol. The van der Waals surface area contributed by atoms with Crippen molar-refractivity contribution in [3.8, 4) is 5.69 Å². The summed E-state index contributed by atoms with van der Waals surface area (Å²) in [6.45, 7) is 4.96. The number of rotatable bonds is 2. The second-order valence-electron chi connectivity index (χ2n) is 5.85. The van der Waals surface area contributed by atoms with Crippen molar-refractivity contribution in [3.63, 3.8) is 0 Å². The van der Waals surface area contributed by atoms with Crippen LogP contribution in [0, 0.1) is 12.8 Å². The Morgan fingerprint density at radius 1 is 1.36 bits per heavy atom. The van der Waals surface area contributed by atoms with E-state index in [1.54, 1.807) is 28.2 Å². The molecule has 0 spiro atoms. The normalized spacial score (nSPS) is 21.9. The first-order chi connectivity index (χ1) is 10.6. The lowest BCUT2D eigenvalue weighted by atomic mass is 9.95. The summed E-state index contributed by atoms with van der Waals surface area (Å²) in [6.07, 6.45) is 5.36. The summed E-state index contributed by atoms with van der Waals surface area (Å²) in [5, 5.41) is 14.3. The smallest absolute Gasteiger partial charge is 0.257 e. The number of hydrogen-bond donors (Lipinski definition) is 1. The van der Waals surface area contributed by atoms with E-state index in [1.807, 2.05) is 26.0 Å². The Morgan fingerprint density at radius 2 is 2.09 bits per heavy atom. The van der Waals surface area contributed by atoms with Crippen LogP contribution in [-0.4, -0.2) is 49.9 Å². The van der Waals surface area contributed by atoms with Crippen LogP contribution in [0.3, 0.4) is 0 Å². The van der Waals surface area contributed by atoms with E-state index in [9.17, 15) is 9.90 Å². The van der Waals surface area contributed by atoms with Gasteiger partial charge in [-0.15, -0.1) is 0 Å². The van der Waals surface area contributed by atoms with Crippen LogP contribution in [0.15, 0.2) is 30.7 Å². The molecule has 6 nitrogen and oxygen atoms in total. The SMILES string of the molecule is Cc1c(C(=O)N2CCC(C)C(O)C2)cnn1-c1ccncc1. The predicted octanol–water partition coefficient (Wildman–Crippen LogP) is 1.42. The third-order valence-electron chi connectivity index (χ3n) is 4.35. The highest BCUT2D eigenvalue weighted by atomic mass is 16.3. The van der Waals surface area contributed by atoms with Gasteiger partial charge in [-0.25, -0.2) is 4.68 Å². The molecule has 22 heavy (non-hydrogen) atoms. The molecule has 2 atom stereocenters. The average Bonchev–Trinajstić information content (AvgIpc) is 2.92. The highest BCUT2D eigenvalue weighted by molar-refractivity contribution is 5.95. The average molecular weight is 300 g/mol. The fourth-order valence-electron chi connectivity index (χ4n) is 2.77. The number of carbonyl (C=O) groups excluding carboxylic acids is 1. The Bertz CT molecular complexity index is 668. The minimum atomic E-state index is -0.451. The highest BCUT2D eigenvalue weighted by Crippen LogP contribution is 2.21. The molecule has 1 aliphatic rings. The molecule has 1 fully saturated rings. The fourth-order valence-corrected chi connectivity index (χ4v) is 2.77. The Kier molecular flexibility index (Phi) is 3.94. The van der Waals surface area contributed by atoms with Crippen molar-refractivity contribution >= 4 is 5.91 Å². The number of aliphatic hydroxyl groups is 1. The maximum atomic E-state index is 12.7. The second-order valence-corrected chi connectivity index (χ2v) is 5.85. The summed E-state index contributed by atoms with van der Waals surface area (Å²) >= 11 is 0. The Labute approximate surface area is 129 Å². The van der Waals surface area contributed by atoms with Crippen molar-refractivity contribution < 1.29 is 9.90 Å². The molecule has 0 bridgehead atoms. The number of hydrogen-bond acceptors (Lipinski definition) is 4. The molecule has 0 saturated carbocycles. The number of likely N-dealkylation sites (tertiary alicyclic amines) is 1. The molecule has 2 unspecified atom stereocenters. The third kappa shape index (κ3) is 2.62. The summed E-state index contributed by atoms with van der Waals surface area (Å²) in [7, 11) is 0. The van der Waals surface area contributed by atoms with Crippen LogP contribution in [0.1, 0.15) is 29.4 Å². The Balaban J connectivity index is 1.84. The van der Waals surface area contributed by atoms with Gasteiger partial charge in [-0.3, -0.25) is 9.78 Å². The predicted molar refractivity (Wildman–Crippen MR) is 81.8 cm³/mol. The molecular weight excluding hydrogens is 280 g/mol. The number of carbonyl (C=O) groups is 1. The zero-order valence-electron chi connectivity index (χ0n) is 12.8. The lowest BCUT2D eigenvalue weighted by Crippen LogP contribution is -2.45. The Morgan fingerprint density at radius 3 is 2.77 bits per heavy atom. The van der Waals surface area contributed by atoms with Gasteiger partial charge in [0, 0.05) is 25.5 Å². The number of amides is 1.